The van der Waals surface area contributed by atoms with Crippen molar-refractivity contribution >= 4 is 10.2 Å². The Kier molecular flexibility index (Phi) is 1.86. The van der Waals surface area contributed by atoms with Gasteiger partial charge in [-0.05, 0) is 6.07 Å². The Balaban J connectivity index is 3.28. The van der Waals surface area contributed by atoms with Crippen LogP contribution in [0, 0.1) is 5.82 Å². The van der Waals surface area contributed by atoms with Crippen LogP contribution in [0.5, 0.6) is 0 Å². The summed E-state index contributed by atoms with van der Waals surface area (Å²) in [5.74, 6) is -0.885. The van der Waals surface area contributed by atoms with Crippen LogP contribution >= 0.6 is 0 Å². The molecule has 0 aromatic carbocycles. The molecule has 0 radical (unpaired) electrons. The fourth-order valence-corrected chi connectivity index (χ4v) is 0.966. The van der Waals surface area contributed by atoms with E-state index in [0.717, 1.165) is 12.4 Å². The van der Waals surface area contributed by atoms with Crippen LogP contribution in [0.2, 0.25) is 0 Å². The van der Waals surface area contributed by atoms with Crippen molar-refractivity contribution in [2.24, 2.45) is 0 Å². The number of nitrogens with zero attached hydrogens (tertiary/aromatic N) is 1. The molecule has 60 valence electrons. The van der Waals surface area contributed by atoms with Gasteiger partial charge in [-0.1, -0.05) is 0 Å². The first-order chi connectivity index (χ1) is 5.00. The second-order valence-electron chi connectivity index (χ2n) is 1.78. The summed E-state index contributed by atoms with van der Waals surface area (Å²) in [6, 6.07) is 0.558. The van der Waals surface area contributed by atoms with Crippen LogP contribution in [0.25, 0.3) is 0 Å². The first-order valence-corrected chi connectivity index (χ1v) is 3.94. The molecule has 0 bridgehead atoms. The van der Waals surface area contributed by atoms with Gasteiger partial charge in [0.25, 0.3) is 0 Å². The standard InChI is InChI=1S/C5H3F2NO2S/c6-4-1-5(3-8-2-4)11(7,9)10/h1-3H. The predicted octanol–water partition coefficient (Wildman–Crippen LogP) is 0.879. The van der Waals surface area contributed by atoms with Crippen molar-refractivity contribution in [3.8, 4) is 0 Å². The molecule has 0 aliphatic rings. The number of hydrogen-bond acceptors (Lipinski definition) is 3. The quantitative estimate of drug-likeness (QED) is 0.601. The van der Waals surface area contributed by atoms with E-state index >= 15 is 0 Å². The Labute approximate surface area is 61.9 Å². The number of aromatic nitrogens is 1. The normalized spacial score (nSPS) is 11.5. The lowest BCUT2D eigenvalue weighted by molar-refractivity contribution is 0.548. The minimum atomic E-state index is -4.83. The average molecular weight is 179 g/mol. The minimum Gasteiger partial charge on any atom is -0.260 e. The van der Waals surface area contributed by atoms with E-state index in [1.54, 1.807) is 0 Å². The van der Waals surface area contributed by atoms with Crippen LogP contribution in [0.3, 0.4) is 0 Å². The van der Waals surface area contributed by atoms with Crippen LogP contribution in [0.4, 0.5) is 8.28 Å². The molecule has 1 aromatic heterocycles. The Hall–Kier alpha value is -1.04. The van der Waals surface area contributed by atoms with Gasteiger partial charge >= 0.3 is 10.2 Å². The zero-order valence-electron chi connectivity index (χ0n) is 5.16. The Morgan fingerprint density at radius 1 is 1.36 bits per heavy atom. The highest BCUT2D eigenvalue weighted by Gasteiger charge is 2.12. The van der Waals surface area contributed by atoms with Crippen molar-refractivity contribution < 1.29 is 16.7 Å². The molecule has 0 saturated carbocycles. The van der Waals surface area contributed by atoms with Crippen LogP contribution in [-0.4, -0.2) is 13.4 Å². The highest BCUT2D eigenvalue weighted by molar-refractivity contribution is 7.86. The molecule has 3 nitrogen and oxygen atoms in total. The highest BCUT2D eigenvalue weighted by atomic mass is 32.3. The molecule has 0 aliphatic carbocycles. The molecule has 1 heterocycles. The Morgan fingerprint density at radius 2 is 2.00 bits per heavy atom. The summed E-state index contributed by atoms with van der Waals surface area (Å²) in [6.45, 7) is 0. The van der Waals surface area contributed by atoms with E-state index in [-0.39, 0.29) is 0 Å². The third-order valence-electron chi connectivity index (χ3n) is 0.961. The molecular weight excluding hydrogens is 176 g/mol. The largest absolute Gasteiger partial charge is 0.333 e. The Bertz CT molecular complexity index is 363. The molecule has 0 amide bonds. The van der Waals surface area contributed by atoms with Gasteiger partial charge in [-0.3, -0.25) is 4.98 Å². The van der Waals surface area contributed by atoms with Gasteiger partial charge in [0, 0.05) is 6.20 Å². The molecule has 0 fully saturated rings. The van der Waals surface area contributed by atoms with Crippen molar-refractivity contribution in [2.45, 2.75) is 4.90 Å². The zero-order chi connectivity index (χ0) is 8.48. The van der Waals surface area contributed by atoms with Crippen LogP contribution in [0.1, 0.15) is 0 Å². The second-order valence-corrected chi connectivity index (χ2v) is 3.12. The number of rotatable bonds is 1. The summed E-state index contributed by atoms with van der Waals surface area (Å²) in [5, 5.41) is 0. The third-order valence-corrected chi connectivity index (χ3v) is 1.75. The molecule has 0 aliphatic heterocycles. The highest BCUT2D eigenvalue weighted by Crippen LogP contribution is 2.10. The molecule has 0 unspecified atom stereocenters. The second kappa shape index (κ2) is 2.54. The van der Waals surface area contributed by atoms with E-state index in [1.807, 2.05) is 0 Å². The maximum absolute atomic E-state index is 12.2. The summed E-state index contributed by atoms with van der Waals surface area (Å²) in [4.78, 5) is 2.39. The van der Waals surface area contributed by atoms with Gasteiger partial charge < -0.3 is 0 Å². The number of pyridine rings is 1. The van der Waals surface area contributed by atoms with E-state index < -0.39 is 20.9 Å². The van der Waals surface area contributed by atoms with Gasteiger partial charge in [-0.2, -0.15) is 8.42 Å². The number of halogens is 2. The minimum absolute atomic E-state index is 0.558. The predicted molar refractivity (Wildman–Crippen MR) is 32.5 cm³/mol. The van der Waals surface area contributed by atoms with E-state index in [4.69, 9.17) is 0 Å². The molecule has 1 aromatic rings. The van der Waals surface area contributed by atoms with E-state index in [1.165, 1.54) is 0 Å². The first kappa shape index (κ1) is 8.06. The molecule has 0 atom stereocenters. The molecule has 0 N–H and O–H groups in total. The van der Waals surface area contributed by atoms with Gasteiger partial charge in [0.1, 0.15) is 10.7 Å². The monoisotopic (exact) mass is 179 g/mol. The SMILES string of the molecule is O=S(=O)(F)c1cncc(F)c1. The smallest absolute Gasteiger partial charge is 0.260 e. The van der Waals surface area contributed by atoms with Gasteiger partial charge in [0.05, 0.1) is 6.20 Å². The summed E-state index contributed by atoms with van der Waals surface area (Å²) in [7, 11) is -4.83. The van der Waals surface area contributed by atoms with E-state index in [2.05, 4.69) is 4.98 Å². The zero-order valence-corrected chi connectivity index (χ0v) is 5.98. The fourth-order valence-electron chi connectivity index (χ4n) is 0.526. The summed E-state index contributed by atoms with van der Waals surface area (Å²) < 4.78 is 44.5. The fraction of sp³-hybridized carbons (Fsp3) is 0. The lowest BCUT2D eigenvalue weighted by atomic mass is 10.5. The maximum atomic E-state index is 12.2. The van der Waals surface area contributed by atoms with Crippen molar-refractivity contribution in [3.05, 3.63) is 24.3 Å². The summed E-state index contributed by atoms with van der Waals surface area (Å²) >= 11 is 0. The van der Waals surface area contributed by atoms with Crippen LogP contribution in [-0.2, 0) is 10.2 Å². The lowest BCUT2D eigenvalue weighted by Gasteiger charge is -1.91. The van der Waals surface area contributed by atoms with E-state index in [9.17, 15) is 16.7 Å². The Morgan fingerprint density at radius 3 is 2.36 bits per heavy atom. The summed E-state index contributed by atoms with van der Waals surface area (Å²) in [6.07, 6.45) is 1.52. The number of hydrogen-bond donors (Lipinski definition) is 0. The van der Waals surface area contributed by atoms with Crippen molar-refractivity contribution in [2.75, 3.05) is 0 Å². The van der Waals surface area contributed by atoms with Crippen LogP contribution in [0.15, 0.2) is 23.4 Å². The molecular formula is C5H3F2NO2S. The lowest BCUT2D eigenvalue weighted by Crippen LogP contribution is -1.93. The maximum Gasteiger partial charge on any atom is 0.333 e. The van der Waals surface area contributed by atoms with Gasteiger partial charge in [-0.25, -0.2) is 4.39 Å². The van der Waals surface area contributed by atoms with Crippen molar-refractivity contribution in [1.29, 1.82) is 0 Å². The molecule has 11 heavy (non-hydrogen) atoms. The molecule has 1 rings (SSSR count). The molecule has 0 saturated heterocycles. The van der Waals surface area contributed by atoms with Crippen LogP contribution < -0.4 is 0 Å². The molecule has 0 spiro atoms. The van der Waals surface area contributed by atoms with Gasteiger partial charge in [0.15, 0.2) is 0 Å². The summed E-state index contributed by atoms with van der Waals surface area (Å²) in [5.41, 5.74) is 0. The van der Waals surface area contributed by atoms with Crippen molar-refractivity contribution in [1.82, 2.24) is 4.98 Å². The van der Waals surface area contributed by atoms with Gasteiger partial charge in [-0.15, -0.1) is 3.89 Å². The van der Waals surface area contributed by atoms with Gasteiger partial charge in [0.2, 0.25) is 0 Å². The third kappa shape index (κ3) is 1.94. The molecule has 6 heteroatoms. The van der Waals surface area contributed by atoms with E-state index in [0.29, 0.717) is 6.07 Å². The first-order valence-electron chi connectivity index (χ1n) is 2.55. The van der Waals surface area contributed by atoms with Crippen molar-refractivity contribution in [3.63, 3.8) is 0 Å². The topological polar surface area (TPSA) is 47.0 Å². The average Bonchev–Trinajstić information content (AvgIpc) is 1.86.